The highest BCUT2D eigenvalue weighted by Gasteiger charge is 2.36. The van der Waals surface area contributed by atoms with Crippen molar-refractivity contribution in [2.75, 3.05) is 24.2 Å². The van der Waals surface area contributed by atoms with Crippen LogP contribution in [0.3, 0.4) is 0 Å². The van der Waals surface area contributed by atoms with Gasteiger partial charge in [-0.05, 0) is 25.0 Å². The molecule has 122 valence electrons. The second kappa shape index (κ2) is 5.17. The summed E-state index contributed by atoms with van der Waals surface area (Å²) in [5.74, 6) is 0.138. The molecule has 4 rings (SSSR count). The first-order valence-electron chi connectivity index (χ1n) is 7.57. The molecule has 1 aliphatic heterocycles. The van der Waals surface area contributed by atoms with E-state index in [2.05, 4.69) is 10.3 Å². The molecule has 0 spiro atoms. The zero-order valence-electron chi connectivity index (χ0n) is 12.7. The number of thiazole rings is 1. The van der Waals surface area contributed by atoms with E-state index in [9.17, 15) is 13.2 Å². The Morgan fingerprint density at radius 2 is 2.09 bits per heavy atom. The average Bonchev–Trinajstić information content (AvgIpc) is 3.12. The number of rotatable bonds is 4. The molecule has 0 bridgehead atoms. The quantitative estimate of drug-likeness (QED) is 0.901. The fourth-order valence-corrected chi connectivity index (χ4v) is 4.60. The minimum atomic E-state index is -3.30. The number of nitrogens with one attached hydrogen (secondary N) is 1. The molecule has 0 unspecified atom stereocenters. The van der Waals surface area contributed by atoms with Crippen LogP contribution in [0.1, 0.15) is 12.8 Å². The third-order valence-electron chi connectivity index (χ3n) is 4.22. The van der Waals surface area contributed by atoms with Crippen LogP contribution in [0.25, 0.3) is 10.2 Å². The van der Waals surface area contributed by atoms with E-state index < -0.39 is 9.84 Å². The Bertz CT molecular complexity index is 881. The van der Waals surface area contributed by atoms with Crippen molar-refractivity contribution in [1.29, 1.82) is 0 Å². The van der Waals surface area contributed by atoms with Crippen LogP contribution in [-0.2, 0) is 14.6 Å². The molecule has 1 saturated heterocycles. The molecule has 1 aromatic carbocycles. The van der Waals surface area contributed by atoms with Crippen LogP contribution in [0.4, 0.5) is 5.13 Å². The van der Waals surface area contributed by atoms with Crippen molar-refractivity contribution < 1.29 is 13.2 Å². The summed E-state index contributed by atoms with van der Waals surface area (Å²) in [4.78, 5) is 18.8. The van der Waals surface area contributed by atoms with Crippen LogP contribution in [0.2, 0.25) is 0 Å². The molecule has 2 fully saturated rings. The first-order chi connectivity index (χ1) is 10.9. The monoisotopic (exact) mass is 351 g/mol. The first-order valence-corrected chi connectivity index (χ1v) is 10.3. The zero-order chi connectivity index (χ0) is 16.2. The van der Waals surface area contributed by atoms with E-state index in [1.807, 2.05) is 11.0 Å². The van der Waals surface area contributed by atoms with E-state index in [1.54, 1.807) is 12.1 Å². The summed E-state index contributed by atoms with van der Waals surface area (Å²) in [5, 5.41) is 3.81. The fourth-order valence-electron chi connectivity index (χ4n) is 2.69. The topological polar surface area (TPSA) is 79.4 Å². The normalized spacial score (nSPS) is 18.9. The molecule has 0 atom stereocenters. The summed E-state index contributed by atoms with van der Waals surface area (Å²) in [5.41, 5.74) is 0.529. The lowest BCUT2D eigenvalue weighted by molar-refractivity contribution is -0.125. The predicted octanol–water partition coefficient (Wildman–Crippen LogP) is 1.41. The van der Waals surface area contributed by atoms with Gasteiger partial charge in [0.2, 0.25) is 5.91 Å². The predicted molar refractivity (Wildman–Crippen MR) is 89.6 cm³/mol. The van der Waals surface area contributed by atoms with Crippen LogP contribution in [-0.4, -0.2) is 44.7 Å². The van der Waals surface area contributed by atoms with E-state index in [-0.39, 0.29) is 16.7 Å². The minimum absolute atomic E-state index is 0.0111. The van der Waals surface area contributed by atoms with Crippen LogP contribution < -0.4 is 10.2 Å². The van der Waals surface area contributed by atoms with Crippen molar-refractivity contribution in [3.8, 4) is 0 Å². The minimum Gasteiger partial charge on any atom is -0.353 e. The van der Waals surface area contributed by atoms with E-state index in [4.69, 9.17) is 0 Å². The molecular formula is C15H17N3O3S2. The number of para-hydroxylation sites is 1. The van der Waals surface area contributed by atoms with Crippen LogP contribution in [0, 0.1) is 5.92 Å². The second-order valence-corrected chi connectivity index (χ2v) is 9.25. The Hall–Kier alpha value is -1.67. The molecule has 23 heavy (non-hydrogen) atoms. The number of aromatic nitrogens is 1. The van der Waals surface area contributed by atoms with E-state index in [0.29, 0.717) is 24.6 Å². The summed E-state index contributed by atoms with van der Waals surface area (Å²) in [6.07, 6.45) is 3.38. The zero-order valence-corrected chi connectivity index (χ0v) is 14.3. The summed E-state index contributed by atoms with van der Waals surface area (Å²) < 4.78 is 24.6. The number of carbonyl (C=O) groups excluding carboxylic acids is 1. The van der Waals surface area contributed by atoms with Gasteiger partial charge in [-0.3, -0.25) is 4.79 Å². The van der Waals surface area contributed by atoms with Gasteiger partial charge in [0, 0.05) is 25.4 Å². The maximum absolute atomic E-state index is 12.0. The van der Waals surface area contributed by atoms with Crippen molar-refractivity contribution >= 4 is 42.4 Å². The number of benzene rings is 1. The van der Waals surface area contributed by atoms with Crippen molar-refractivity contribution in [3.63, 3.8) is 0 Å². The van der Waals surface area contributed by atoms with Gasteiger partial charge in [-0.25, -0.2) is 13.4 Å². The number of carbonyl (C=O) groups is 1. The van der Waals surface area contributed by atoms with Gasteiger partial charge in [-0.1, -0.05) is 17.4 Å². The maximum Gasteiger partial charge on any atom is 0.226 e. The van der Waals surface area contributed by atoms with E-state index in [1.165, 1.54) is 17.6 Å². The molecule has 2 aromatic rings. The Kier molecular flexibility index (Phi) is 3.35. The Morgan fingerprint density at radius 1 is 1.35 bits per heavy atom. The van der Waals surface area contributed by atoms with E-state index >= 15 is 0 Å². The van der Waals surface area contributed by atoms with Gasteiger partial charge in [0.25, 0.3) is 0 Å². The molecule has 6 nitrogen and oxygen atoms in total. The summed E-state index contributed by atoms with van der Waals surface area (Å²) >= 11 is 1.47. The number of sulfone groups is 1. The van der Waals surface area contributed by atoms with Crippen molar-refractivity contribution in [2.24, 2.45) is 5.92 Å². The number of fused-ring (bicyclic) bond motifs is 1. The van der Waals surface area contributed by atoms with Gasteiger partial charge < -0.3 is 10.2 Å². The molecule has 0 radical (unpaired) electrons. The highest BCUT2D eigenvalue weighted by atomic mass is 32.2. The lowest BCUT2D eigenvalue weighted by atomic mass is 10.0. The Labute approximate surface area is 138 Å². The molecule has 1 saturated carbocycles. The number of hydrogen-bond donors (Lipinski definition) is 1. The number of hydrogen-bond acceptors (Lipinski definition) is 6. The fraction of sp³-hybridized carbons (Fsp3) is 0.467. The van der Waals surface area contributed by atoms with Crippen LogP contribution in [0.5, 0.6) is 0 Å². The number of amides is 1. The van der Waals surface area contributed by atoms with Crippen LogP contribution >= 0.6 is 11.3 Å². The average molecular weight is 351 g/mol. The molecule has 2 aliphatic rings. The Balaban J connectivity index is 1.53. The summed E-state index contributed by atoms with van der Waals surface area (Å²) in [6.45, 7) is 1.29. The summed E-state index contributed by atoms with van der Waals surface area (Å²) in [7, 11) is -3.30. The molecule has 1 amide bonds. The van der Waals surface area contributed by atoms with Gasteiger partial charge in [-0.15, -0.1) is 0 Å². The smallest absolute Gasteiger partial charge is 0.226 e. The Morgan fingerprint density at radius 3 is 2.74 bits per heavy atom. The van der Waals surface area contributed by atoms with Gasteiger partial charge in [0.15, 0.2) is 15.0 Å². The molecule has 1 aromatic heterocycles. The first kappa shape index (κ1) is 14.9. The molecule has 2 heterocycles. The molecular weight excluding hydrogens is 334 g/mol. The van der Waals surface area contributed by atoms with Gasteiger partial charge >= 0.3 is 0 Å². The SMILES string of the molecule is CS(=O)(=O)c1cccc2sc(N3CC(C(=O)NC4CC4)C3)nc12. The number of nitrogens with zero attached hydrogens (tertiary/aromatic N) is 2. The van der Waals surface area contributed by atoms with E-state index in [0.717, 1.165) is 22.7 Å². The largest absolute Gasteiger partial charge is 0.353 e. The third kappa shape index (κ3) is 2.81. The third-order valence-corrected chi connectivity index (χ3v) is 6.43. The highest BCUT2D eigenvalue weighted by Crippen LogP contribution is 2.35. The lowest BCUT2D eigenvalue weighted by Gasteiger charge is -2.38. The van der Waals surface area contributed by atoms with Crippen LogP contribution in [0.15, 0.2) is 23.1 Å². The van der Waals surface area contributed by atoms with Gasteiger partial charge in [0.05, 0.1) is 15.5 Å². The lowest BCUT2D eigenvalue weighted by Crippen LogP contribution is -2.54. The highest BCUT2D eigenvalue weighted by molar-refractivity contribution is 7.91. The van der Waals surface area contributed by atoms with Crippen molar-refractivity contribution in [1.82, 2.24) is 10.3 Å². The molecule has 1 N–H and O–H groups in total. The van der Waals surface area contributed by atoms with Gasteiger partial charge in [0.1, 0.15) is 5.52 Å². The van der Waals surface area contributed by atoms with Gasteiger partial charge in [-0.2, -0.15) is 0 Å². The standard InChI is InChI=1S/C15H17N3O3S2/c1-23(20,21)12-4-2-3-11-13(12)17-15(22-11)18-7-9(8-18)14(19)16-10-5-6-10/h2-4,9-10H,5-8H2,1H3,(H,16,19). The second-order valence-electron chi connectivity index (χ2n) is 6.26. The van der Waals surface area contributed by atoms with Crippen molar-refractivity contribution in [2.45, 2.75) is 23.8 Å². The molecule has 8 heteroatoms. The maximum atomic E-state index is 12.0. The summed E-state index contributed by atoms with van der Waals surface area (Å²) in [6, 6.07) is 5.59. The number of anilines is 1. The molecule has 1 aliphatic carbocycles. The van der Waals surface area contributed by atoms with Crippen molar-refractivity contribution in [3.05, 3.63) is 18.2 Å².